The fourth-order valence-corrected chi connectivity index (χ4v) is 1.61. The summed E-state index contributed by atoms with van der Waals surface area (Å²) in [6.45, 7) is -0.659. The number of nitro benzene ring substituents is 1. The van der Waals surface area contributed by atoms with Crippen LogP contribution < -0.4 is 10.2 Å². The van der Waals surface area contributed by atoms with Crippen LogP contribution in [0.2, 0.25) is 0 Å². The lowest BCUT2D eigenvalue weighted by Crippen LogP contribution is -2.08. The smallest absolute Gasteiger partial charge is 0.272 e. The summed E-state index contributed by atoms with van der Waals surface area (Å²) in [5.41, 5.74) is -0.722. The number of aliphatic hydroxyl groups is 1. The largest absolute Gasteiger partial charge is 0.482 e. The molecule has 7 nitrogen and oxygen atoms in total. The summed E-state index contributed by atoms with van der Waals surface area (Å²) in [4.78, 5) is 21.5. The topological polar surface area (TPSA) is 103 Å². The highest BCUT2D eigenvalue weighted by atomic mass is 19.1. The van der Waals surface area contributed by atoms with Gasteiger partial charge in [0.15, 0.2) is 0 Å². The van der Waals surface area contributed by atoms with Crippen molar-refractivity contribution in [2.45, 2.75) is 13.2 Å². The molecule has 0 fully saturated rings. The number of ether oxygens (including phenoxy) is 1. The number of non-ortho nitro benzene ring substituents is 1. The minimum Gasteiger partial charge on any atom is -0.482 e. The molecule has 0 radical (unpaired) electrons. The SMILES string of the molecule is O=c1cc(CO)occ1OCc1cc(F)cc([N+](=O)[O-])c1. The van der Waals surface area contributed by atoms with Crippen molar-refractivity contribution in [1.82, 2.24) is 0 Å². The van der Waals surface area contributed by atoms with Crippen LogP contribution in [-0.2, 0) is 13.2 Å². The van der Waals surface area contributed by atoms with E-state index in [1.807, 2.05) is 0 Å². The third kappa shape index (κ3) is 3.63. The van der Waals surface area contributed by atoms with E-state index in [1.165, 1.54) is 0 Å². The molecule has 0 aliphatic carbocycles. The van der Waals surface area contributed by atoms with Crippen molar-refractivity contribution >= 4 is 5.69 Å². The van der Waals surface area contributed by atoms with Gasteiger partial charge >= 0.3 is 0 Å². The van der Waals surface area contributed by atoms with Crippen LogP contribution in [0.25, 0.3) is 0 Å². The van der Waals surface area contributed by atoms with Crippen molar-refractivity contribution in [3.8, 4) is 5.75 Å². The first-order valence-corrected chi connectivity index (χ1v) is 5.79. The number of hydrogen-bond donors (Lipinski definition) is 1. The van der Waals surface area contributed by atoms with Crippen LogP contribution in [0.15, 0.2) is 39.7 Å². The van der Waals surface area contributed by atoms with Crippen molar-refractivity contribution in [1.29, 1.82) is 0 Å². The summed E-state index contributed by atoms with van der Waals surface area (Å²) in [6, 6.07) is 4.06. The zero-order chi connectivity index (χ0) is 15.4. The molecule has 0 amide bonds. The monoisotopic (exact) mass is 295 g/mol. The van der Waals surface area contributed by atoms with Gasteiger partial charge in [-0.05, 0) is 11.6 Å². The van der Waals surface area contributed by atoms with Crippen LogP contribution in [0.4, 0.5) is 10.1 Å². The lowest BCUT2D eigenvalue weighted by Gasteiger charge is -2.05. The first kappa shape index (κ1) is 14.7. The molecule has 1 N–H and O–H groups in total. The van der Waals surface area contributed by atoms with Gasteiger partial charge in [0.05, 0.1) is 11.0 Å². The fourth-order valence-electron chi connectivity index (χ4n) is 1.61. The normalized spacial score (nSPS) is 10.4. The molecule has 0 unspecified atom stereocenters. The van der Waals surface area contributed by atoms with Crippen molar-refractivity contribution in [2.75, 3.05) is 0 Å². The molecule has 0 saturated heterocycles. The van der Waals surface area contributed by atoms with Crippen LogP contribution in [0.5, 0.6) is 5.75 Å². The lowest BCUT2D eigenvalue weighted by molar-refractivity contribution is -0.385. The Bertz CT molecular complexity index is 727. The van der Waals surface area contributed by atoms with Gasteiger partial charge in [0, 0.05) is 12.1 Å². The maximum atomic E-state index is 13.2. The highest BCUT2D eigenvalue weighted by Crippen LogP contribution is 2.17. The van der Waals surface area contributed by atoms with Crippen LogP contribution in [0, 0.1) is 15.9 Å². The summed E-state index contributed by atoms with van der Waals surface area (Å²) >= 11 is 0. The van der Waals surface area contributed by atoms with Crippen molar-refractivity contribution in [3.63, 3.8) is 0 Å². The fraction of sp³-hybridized carbons (Fsp3) is 0.154. The van der Waals surface area contributed by atoms with E-state index >= 15 is 0 Å². The molecule has 2 aromatic rings. The summed E-state index contributed by atoms with van der Waals surface area (Å²) in [5, 5.41) is 19.4. The van der Waals surface area contributed by atoms with Crippen molar-refractivity contribution in [3.05, 3.63) is 68.0 Å². The van der Waals surface area contributed by atoms with E-state index in [0.29, 0.717) is 0 Å². The van der Waals surface area contributed by atoms with E-state index in [4.69, 9.17) is 14.3 Å². The second kappa shape index (κ2) is 6.14. The number of nitro groups is 1. The molecule has 8 heteroatoms. The third-order valence-electron chi connectivity index (χ3n) is 2.56. The van der Waals surface area contributed by atoms with Gasteiger partial charge in [-0.25, -0.2) is 4.39 Å². The van der Waals surface area contributed by atoms with Gasteiger partial charge < -0.3 is 14.3 Å². The Morgan fingerprint density at radius 2 is 2.10 bits per heavy atom. The molecule has 21 heavy (non-hydrogen) atoms. The summed E-state index contributed by atoms with van der Waals surface area (Å²) in [7, 11) is 0. The van der Waals surface area contributed by atoms with E-state index in [0.717, 1.165) is 30.5 Å². The number of rotatable bonds is 5. The zero-order valence-electron chi connectivity index (χ0n) is 10.6. The van der Waals surface area contributed by atoms with E-state index in [1.54, 1.807) is 0 Å². The van der Waals surface area contributed by atoms with Crippen LogP contribution in [0.1, 0.15) is 11.3 Å². The van der Waals surface area contributed by atoms with E-state index in [-0.39, 0.29) is 23.7 Å². The molecule has 110 valence electrons. The molecule has 0 aliphatic rings. The van der Waals surface area contributed by atoms with E-state index < -0.39 is 28.5 Å². The molecule has 1 heterocycles. The predicted octanol–water partition coefficient (Wildman–Crippen LogP) is 1.76. The Labute approximate surface area is 117 Å². The first-order valence-electron chi connectivity index (χ1n) is 5.79. The molecular weight excluding hydrogens is 285 g/mol. The number of aliphatic hydroxyl groups excluding tert-OH is 1. The number of nitrogens with zero attached hydrogens (tertiary/aromatic N) is 1. The molecule has 2 rings (SSSR count). The molecule has 1 aromatic carbocycles. The van der Waals surface area contributed by atoms with Crippen molar-refractivity contribution in [2.24, 2.45) is 0 Å². The second-order valence-electron chi connectivity index (χ2n) is 4.10. The molecular formula is C13H10FNO6. The molecule has 0 aliphatic heterocycles. The average molecular weight is 295 g/mol. The highest BCUT2D eigenvalue weighted by molar-refractivity contribution is 5.35. The number of benzene rings is 1. The molecule has 0 spiro atoms. The maximum Gasteiger partial charge on any atom is 0.272 e. The lowest BCUT2D eigenvalue weighted by atomic mass is 10.2. The van der Waals surface area contributed by atoms with E-state index in [2.05, 4.69) is 0 Å². The van der Waals surface area contributed by atoms with Crippen molar-refractivity contribution < 1.29 is 23.6 Å². The van der Waals surface area contributed by atoms with Crippen LogP contribution in [-0.4, -0.2) is 10.0 Å². The first-order chi connectivity index (χ1) is 9.99. The zero-order valence-corrected chi connectivity index (χ0v) is 10.6. The Hall–Kier alpha value is -2.74. The van der Waals surface area contributed by atoms with Gasteiger partial charge in [-0.1, -0.05) is 0 Å². The summed E-state index contributed by atoms with van der Waals surface area (Å²) < 4.78 is 23.3. The Morgan fingerprint density at radius 1 is 1.33 bits per heavy atom. The van der Waals surface area contributed by atoms with Gasteiger partial charge in [0.25, 0.3) is 5.69 Å². The van der Waals surface area contributed by atoms with Gasteiger partial charge in [-0.2, -0.15) is 0 Å². The second-order valence-corrected chi connectivity index (χ2v) is 4.10. The Balaban J connectivity index is 2.16. The predicted molar refractivity (Wildman–Crippen MR) is 68.3 cm³/mol. The standard InChI is InChI=1S/C13H10FNO6/c14-9-1-8(2-10(3-9)15(18)19)6-21-13-7-20-11(5-16)4-12(13)17/h1-4,7,16H,5-6H2. The molecule has 0 saturated carbocycles. The van der Waals surface area contributed by atoms with Gasteiger partial charge in [0.1, 0.15) is 31.1 Å². The maximum absolute atomic E-state index is 13.2. The van der Waals surface area contributed by atoms with Crippen LogP contribution in [0.3, 0.4) is 0 Å². The third-order valence-corrected chi connectivity index (χ3v) is 2.56. The quantitative estimate of drug-likeness (QED) is 0.666. The average Bonchev–Trinajstić information content (AvgIpc) is 2.45. The molecule has 1 aromatic heterocycles. The van der Waals surface area contributed by atoms with E-state index in [9.17, 15) is 19.3 Å². The summed E-state index contributed by atoms with van der Waals surface area (Å²) in [6.07, 6.45) is 1.02. The number of halogens is 1. The minimum absolute atomic E-state index is 0.0775. The van der Waals surface area contributed by atoms with Gasteiger partial charge in [-0.15, -0.1) is 0 Å². The molecule has 0 atom stereocenters. The van der Waals surface area contributed by atoms with Gasteiger partial charge in [-0.3, -0.25) is 14.9 Å². The Morgan fingerprint density at radius 3 is 2.71 bits per heavy atom. The van der Waals surface area contributed by atoms with Crippen LogP contribution >= 0.6 is 0 Å². The Kier molecular flexibility index (Phi) is 4.29. The van der Waals surface area contributed by atoms with Gasteiger partial charge in [0.2, 0.25) is 11.2 Å². The summed E-state index contributed by atoms with van der Waals surface area (Å²) in [5.74, 6) is -0.835. The number of hydrogen-bond acceptors (Lipinski definition) is 6. The molecule has 0 bridgehead atoms. The highest BCUT2D eigenvalue weighted by Gasteiger charge is 2.11. The minimum atomic E-state index is -0.773.